The van der Waals surface area contributed by atoms with Gasteiger partial charge in [-0.3, -0.25) is 0 Å². The fraction of sp³-hybridized carbons (Fsp3) is 0.176. The van der Waals surface area contributed by atoms with Crippen molar-refractivity contribution < 1.29 is 9.47 Å². The maximum Gasteiger partial charge on any atom is 0.134 e. The van der Waals surface area contributed by atoms with Crippen LogP contribution in [0.25, 0.3) is 0 Å². The first-order valence-electron chi connectivity index (χ1n) is 6.03. The van der Waals surface area contributed by atoms with Gasteiger partial charge in [0.05, 0.1) is 19.8 Å². The zero-order chi connectivity index (χ0) is 13.7. The summed E-state index contributed by atoms with van der Waals surface area (Å²) in [7, 11) is 3.31. The van der Waals surface area contributed by atoms with Crippen LogP contribution in [0, 0.1) is 18.8 Å². The van der Waals surface area contributed by atoms with E-state index >= 15 is 0 Å². The Morgan fingerprint density at radius 1 is 0.842 bits per heavy atom. The zero-order valence-corrected chi connectivity index (χ0v) is 11.4. The van der Waals surface area contributed by atoms with E-state index < -0.39 is 0 Å². The first kappa shape index (κ1) is 13.0. The molecular formula is C17H16O2. The van der Waals surface area contributed by atoms with E-state index in [2.05, 4.69) is 11.8 Å². The monoisotopic (exact) mass is 252 g/mol. The van der Waals surface area contributed by atoms with Gasteiger partial charge in [0.15, 0.2) is 0 Å². The largest absolute Gasteiger partial charge is 0.497 e. The summed E-state index contributed by atoms with van der Waals surface area (Å²) in [6, 6.07) is 13.7. The van der Waals surface area contributed by atoms with Gasteiger partial charge in [-0.15, -0.1) is 0 Å². The molecule has 0 aromatic heterocycles. The standard InChI is InChI=1S/C17H16O2/c1-13-4-11-17(19-3)15(12-13)8-5-14-6-9-16(18-2)10-7-14/h4,6-7,9-12H,1-3H3. The third kappa shape index (κ3) is 3.29. The van der Waals surface area contributed by atoms with Crippen molar-refractivity contribution in [3.05, 3.63) is 59.2 Å². The van der Waals surface area contributed by atoms with Gasteiger partial charge in [-0.25, -0.2) is 0 Å². The highest BCUT2D eigenvalue weighted by atomic mass is 16.5. The lowest BCUT2D eigenvalue weighted by atomic mass is 10.1. The van der Waals surface area contributed by atoms with E-state index in [1.807, 2.05) is 49.4 Å². The predicted octanol–water partition coefficient (Wildman–Crippen LogP) is 3.41. The summed E-state index contributed by atoms with van der Waals surface area (Å²) in [5, 5.41) is 0. The van der Waals surface area contributed by atoms with Gasteiger partial charge in [-0.1, -0.05) is 17.9 Å². The third-order valence-corrected chi connectivity index (χ3v) is 2.79. The Labute approximate surface area is 114 Å². The van der Waals surface area contributed by atoms with E-state index in [0.29, 0.717) is 0 Å². The Balaban J connectivity index is 2.30. The zero-order valence-electron chi connectivity index (χ0n) is 11.4. The van der Waals surface area contributed by atoms with Crippen LogP contribution in [-0.4, -0.2) is 14.2 Å². The van der Waals surface area contributed by atoms with E-state index in [0.717, 1.165) is 22.6 Å². The summed E-state index contributed by atoms with van der Waals surface area (Å²) in [6.07, 6.45) is 0. The van der Waals surface area contributed by atoms with Gasteiger partial charge in [0.25, 0.3) is 0 Å². The van der Waals surface area contributed by atoms with Crippen LogP contribution in [-0.2, 0) is 0 Å². The SMILES string of the molecule is COc1ccc(C#Cc2cc(C)ccc2OC)cc1. The molecule has 0 aliphatic carbocycles. The molecule has 0 radical (unpaired) electrons. The molecule has 19 heavy (non-hydrogen) atoms. The van der Waals surface area contributed by atoms with Crippen LogP contribution in [0.3, 0.4) is 0 Å². The second-order valence-corrected chi connectivity index (χ2v) is 4.18. The summed E-state index contributed by atoms with van der Waals surface area (Å²) in [6.45, 7) is 2.04. The molecule has 96 valence electrons. The number of rotatable bonds is 2. The van der Waals surface area contributed by atoms with Crippen LogP contribution in [0.5, 0.6) is 11.5 Å². The minimum Gasteiger partial charge on any atom is -0.497 e. The van der Waals surface area contributed by atoms with Crippen molar-refractivity contribution in [3.63, 3.8) is 0 Å². The molecule has 2 nitrogen and oxygen atoms in total. The van der Waals surface area contributed by atoms with Crippen molar-refractivity contribution in [2.24, 2.45) is 0 Å². The Hall–Kier alpha value is -2.40. The van der Waals surface area contributed by atoms with E-state index in [1.165, 1.54) is 5.56 Å². The minimum absolute atomic E-state index is 0.798. The first-order chi connectivity index (χ1) is 9.22. The molecule has 0 saturated carbocycles. The second-order valence-electron chi connectivity index (χ2n) is 4.18. The molecule has 0 unspecified atom stereocenters. The van der Waals surface area contributed by atoms with Crippen LogP contribution in [0.2, 0.25) is 0 Å². The number of hydrogen-bond acceptors (Lipinski definition) is 2. The predicted molar refractivity (Wildman–Crippen MR) is 76.7 cm³/mol. The van der Waals surface area contributed by atoms with Gasteiger partial charge in [-0.05, 0) is 48.9 Å². The molecule has 0 bridgehead atoms. The summed E-state index contributed by atoms with van der Waals surface area (Å²) < 4.78 is 10.4. The Morgan fingerprint density at radius 2 is 1.58 bits per heavy atom. The highest BCUT2D eigenvalue weighted by molar-refractivity contribution is 5.51. The van der Waals surface area contributed by atoms with Gasteiger partial charge in [-0.2, -0.15) is 0 Å². The van der Waals surface area contributed by atoms with Crippen molar-refractivity contribution in [2.45, 2.75) is 6.92 Å². The molecule has 2 aromatic carbocycles. The smallest absolute Gasteiger partial charge is 0.134 e. The lowest BCUT2D eigenvalue weighted by molar-refractivity contribution is 0.413. The van der Waals surface area contributed by atoms with E-state index in [-0.39, 0.29) is 0 Å². The van der Waals surface area contributed by atoms with E-state index in [4.69, 9.17) is 9.47 Å². The maximum atomic E-state index is 5.30. The average Bonchev–Trinajstić information content (AvgIpc) is 2.46. The van der Waals surface area contributed by atoms with Gasteiger partial charge in [0.2, 0.25) is 0 Å². The Bertz CT molecular complexity index is 616. The third-order valence-electron chi connectivity index (χ3n) is 2.79. The van der Waals surface area contributed by atoms with E-state index in [9.17, 15) is 0 Å². The fourth-order valence-electron chi connectivity index (χ4n) is 1.73. The normalized spacial score (nSPS) is 9.42. The molecule has 0 fully saturated rings. The molecule has 0 aliphatic rings. The number of hydrogen-bond donors (Lipinski definition) is 0. The summed E-state index contributed by atoms with van der Waals surface area (Å²) in [5.41, 5.74) is 3.02. The minimum atomic E-state index is 0.798. The van der Waals surface area contributed by atoms with E-state index in [1.54, 1.807) is 14.2 Å². The fourth-order valence-corrected chi connectivity index (χ4v) is 1.73. The summed E-state index contributed by atoms with van der Waals surface area (Å²) in [5.74, 6) is 7.90. The van der Waals surface area contributed by atoms with Gasteiger partial charge < -0.3 is 9.47 Å². The molecule has 2 aromatic rings. The quantitative estimate of drug-likeness (QED) is 0.762. The lowest BCUT2D eigenvalue weighted by Gasteiger charge is -2.03. The molecule has 2 rings (SSSR count). The maximum absolute atomic E-state index is 5.30. The molecule has 0 amide bonds. The van der Waals surface area contributed by atoms with Crippen LogP contribution in [0.15, 0.2) is 42.5 Å². The molecule has 0 spiro atoms. The second kappa shape index (κ2) is 5.97. The number of methoxy groups -OCH3 is 2. The Morgan fingerprint density at radius 3 is 2.21 bits per heavy atom. The number of benzene rings is 2. The van der Waals surface area contributed by atoms with Crippen molar-refractivity contribution in [1.29, 1.82) is 0 Å². The van der Waals surface area contributed by atoms with Gasteiger partial charge in [0, 0.05) is 5.56 Å². The topological polar surface area (TPSA) is 18.5 Å². The number of ether oxygens (including phenoxy) is 2. The summed E-state index contributed by atoms with van der Waals surface area (Å²) in [4.78, 5) is 0. The molecule has 2 heteroatoms. The lowest BCUT2D eigenvalue weighted by Crippen LogP contribution is -1.88. The number of aryl methyl sites for hydroxylation is 1. The summed E-state index contributed by atoms with van der Waals surface area (Å²) >= 11 is 0. The van der Waals surface area contributed by atoms with Crippen LogP contribution < -0.4 is 9.47 Å². The van der Waals surface area contributed by atoms with Crippen molar-refractivity contribution in [2.75, 3.05) is 14.2 Å². The Kier molecular flexibility index (Phi) is 4.10. The molecule has 0 heterocycles. The average molecular weight is 252 g/mol. The molecular weight excluding hydrogens is 236 g/mol. The highest BCUT2D eigenvalue weighted by Crippen LogP contribution is 2.18. The van der Waals surface area contributed by atoms with Gasteiger partial charge in [0.1, 0.15) is 11.5 Å². The van der Waals surface area contributed by atoms with Crippen molar-refractivity contribution in [1.82, 2.24) is 0 Å². The molecule has 0 saturated heterocycles. The molecule has 0 atom stereocenters. The van der Waals surface area contributed by atoms with Crippen molar-refractivity contribution in [3.8, 4) is 23.3 Å². The van der Waals surface area contributed by atoms with Crippen LogP contribution in [0.1, 0.15) is 16.7 Å². The molecule has 0 N–H and O–H groups in total. The van der Waals surface area contributed by atoms with Gasteiger partial charge >= 0.3 is 0 Å². The van der Waals surface area contributed by atoms with Crippen LogP contribution >= 0.6 is 0 Å². The molecule has 0 aliphatic heterocycles. The first-order valence-corrected chi connectivity index (χ1v) is 6.03. The highest BCUT2D eigenvalue weighted by Gasteiger charge is 1.99. The van der Waals surface area contributed by atoms with Crippen molar-refractivity contribution >= 4 is 0 Å². The van der Waals surface area contributed by atoms with Crippen LogP contribution in [0.4, 0.5) is 0 Å².